The molecule has 19 heavy (non-hydrogen) atoms. The van der Waals surface area contributed by atoms with Crippen molar-refractivity contribution < 1.29 is 14.7 Å². The van der Waals surface area contributed by atoms with Gasteiger partial charge in [0.05, 0.1) is 24.4 Å². The molecule has 0 radical (unpaired) electrons. The summed E-state index contributed by atoms with van der Waals surface area (Å²) in [5.41, 5.74) is 1.34. The third-order valence-electron chi connectivity index (χ3n) is 2.55. The van der Waals surface area contributed by atoms with Crippen LogP contribution < -0.4 is 9.47 Å². The fraction of sp³-hybridized carbons (Fsp3) is 0.143. The molecule has 1 aromatic heterocycles. The Morgan fingerprint density at radius 2 is 2.26 bits per heavy atom. The van der Waals surface area contributed by atoms with Gasteiger partial charge < -0.3 is 14.7 Å². The minimum Gasteiger partial charge on any atom is -0.497 e. The number of hydrogen-bond acceptors (Lipinski definition) is 5. The summed E-state index contributed by atoms with van der Waals surface area (Å²) >= 11 is 0. The average molecular weight is 258 g/mol. The molecule has 0 fully saturated rings. The van der Waals surface area contributed by atoms with E-state index in [-0.39, 0.29) is 0 Å². The first-order valence-electron chi connectivity index (χ1n) is 5.68. The topological polar surface area (TPSA) is 63.9 Å². The maximum atomic E-state index is 8.67. The average Bonchev–Trinajstić information content (AvgIpc) is 2.44. The molecule has 2 rings (SSSR count). The molecule has 0 atom stereocenters. The summed E-state index contributed by atoms with van der Waals surface area (Å²) in [6, 6.07) is 7.37. The van der Waals surface area contributed by atoms with E-state index in [4.69, 9.17) is 14.7 Å². The Bertz CT molecular complexity index is 623. The second kappa shape index (κ2) is 5.86. The number of nitrogens with zero attached hydrogens (tertiary/aromatic N) is 2. The monoisotopic (exact) mass is 258 g/mol. The molecule has 0 aliphatic carbocycles. The van der Waals surface area contributed by atoms with E-state index < -0.39 is 0 Å². The highest BCUT2D eigenvalue weighted by molar-refractivity contribution is 5.90. The summed E-state index contributed by atoms with van der Waals surface area (Å²) in [5, 5.41) is 12.6. The first kappa shape index (κ1) is 12.9. The number of hydrogen-bond donors (Lipinski definition) is 1. The zero-order chi connectivity index (χ0) is 13.7. The third-order valence-corrected chi connectivity index (χ3v) is 2.55. The highest BCUT2D eigenvalue weighted by Gasteiger charge is 2.07. The summed E-state index contributed by atoms with van der Waals surface area (Å²) in [6.07, 6.45) is 2.91. The van der Waals surface area contributed by atoms with Crippen molar-refractivity contribution in [3.05, 3.63) is 42.5 Å². The lowest BCUT2D eigenvalue weighted by atomic mass is 10.1. The number of benzene rings is 1. The minimum absolute atomic E-state index is 0.328. The molecular formula is C14H14N2O3. The van der Waals surface area contributed by atoms with Crippen LogP contribution >= 0.6 is 0 Å². The molecule has 1 N–H and O–H groups in total. The van der Waals surface area contributed by atoms with Crippen LogP contribution in [0.1, 0.15) is 5.56 Å². The van der Waals surface area contributed by atoms with Crippen molar-refractivity contribution in [3.63, 3.8) is 0 Å². The quantitative estimate of drug-likeness (QED) is 0.387. The van der Waals surface area contributed by atoms with Crippen molar-refractivity contribution in [1.82, 2.24) is 4.98 Å². The Morgan fingerprint density at radius 3 is 2.95 bits per heavy atom. The Hall–Kier alpha value is -2.56. The maximum absolute atomic E-state index is 8.67. The van der Waals surface area contributed by atoms with Crippen LogP contribution in [0.3, 0.4) is 0 Å². The molecule has 0 aliphatic heterocycles. The van der Waals surface area contributed by atoms with Gasteiger partial charge in [0, 0.05) is 11.5 Å². The molecule has 0 amide bonds. The van der Waals surface area contributed by atoms with Crippen molar-refractivity contribution in [1.29, 1.82) is 0 Å². The lowest BCUT2D eigenvalue weighted by molar-refractivity contribution is 0.320. The molecule has 0 aliphatic rings. The molecule has 0 saturated heterocycles. The van der Waals surface area contributed by atoms with Crippen molar-refractivity contribution >= 4 is 17.1 Å². The van der Waals surface area contributed by atoms with E-state index in [0.29, 0.717) is 18.1 Å². The van der Waals surface area contributed by atoms with Crippen LogP contribution in [-0.2, 0) is 0 Å². The molecule has 0 saturated carbocycles. The van der Waals surface area contributed by atoms with Gasteiger partial charge in [-0.1, -0.05) is 17.8 Å². The molecule has 1 heterocycles. The third kappa shape index (κ3) is 2.82. The van der Waals surface area contributed by atoms with Crippen LogP contribution in [0, 0.1) is 0 Å². The Balaban J connectivity index is 2.54. The Morgan fingerprint density at radius 1 is 1.42 bits per heavy atom. The second-order valence-electron chi connectivity index (χ2n) is 3.79. The van der Waals surface area contributed by atoms with E-state index in [1.54, 1.807) is 13.2 Å². The van der Waals surface area contributed by atoms with Gasteiger partial charge in [0.1, 0.15) is 12.4 Å². The summed E-state index contributed by atoms with van der Waals surface area (Å²) < 4.78 is 10.6. The Kier molecular flexibility index (Phi) is 3.97. The summed E-state index contributed by atoms with van der Waals surface area (Å²) in [4.78, 5) is 4.39. The number of rotatable bonds is 5. The fourth-order valence-corrected chi connectivity index (χ4v) is 1.68. The zero-order valence-corrected chi connectivity index (χ0v) is 10.5. The van der Waals surface area contributed by atoms with Crippen molar-refractivity contribution in [2.75, 3.05) is 13.7 Å². The van der Waals surface area contributed by atoms with Crippen molar-refractivity contribution in [3.8, 4) is 11.6 Å². The number of methoxy groups -OCH3 is 1. The smallest absolute Gasteiger partial charge is 0.223 e. The number of oxime groups is 1. The van der Waals surface area contributed by atoms with Gasteiger partial charge in [-0.3, -0.25) is 0 Å². The van der Waals surface area contributed by atoms with Crippen LogP contribution in [0.25, 0.3) is 10.9 Å². The molecule has 5 nitrogen and oxygen atoms in total. The van der Waals surface area contributed by atoms with E-state index in [0.717, 1.165) is 16.7 Å². The second-order valence-corrected chi connectivity index (χ2v) is 3.79. The molecule has 5 heteroatoms. The van der Waals surface area contributed by atoms with Crippen LogP contribution in [0.5, 0.6) is 11.6 Å². The minimum atomic E-state index is 0.328. The predicted octanol–water partition coefficient (Wildman–Crippen LogP) is 2.62. The molecule has 0 spiro atoms. The number of ether oxygens (including phenoxy) is 2. The van der Waals surface area contributed by atoms with Gasteiger partial charge in [0.15, 0.2) is 0 Å². The van der Waals surface area contributed by atoms with Gasteiger partial charge in [-0.25, -0.2) is 4.98 Å². The molecule has 1 aromatic carbocycles. The van der Waals surface area contributed by atoms with E-state index in [2.05, 4.69) is 16.7 Å². The standard InChI is InChI=1S/C14H14N2O3/c1-3-6-19-14-11(9-15-17)7-10-4-5-12(18-2)8-13(10)16-14/h3-5,7-9,17H,1,6H2,2H3. The summed E-state index contributed by atoms with van der Waals surface area (Å²) in [7, 11) is 1.60. The molecule has 98 valence electrons. The first-order chi connectivity index (χ1) is 9.28. The lowest BCUT2D eigenvalue weighted by Crippen LogP contribution is -2.00. The summed E-state index contributed by atoms with van der Waals surface area (Å²) in [6.45, 7) is 3.91. The van der Waals surface area contributed by atoms with E-state index >= 15 is 0 Å². The van der Waals surface area contributed by atoms with E-state index in [1.807, 2.05) is 24.3 Å². The maximum Gasteiger partial charge on any atom is 0.223 e. The van der Waals surface area contributed by atoms with Gasteiger partial charge >= 0.3 is 0 Å². The highest BCUT2D eigenvalue weighted by atomic mass is 16.5. The van der Waals surface area contributed by atoms with Gasteiger partial charge in [0.25, 0.3) is 0 Å². The number of aromatic nitrogens is 1. The van der Waals surface area contributed by atoms with Gasteiger partial charge in [0.2, 0.25) is 5.88 Å². The SMILES string of the molecule is C=CCOc1nc2cc(OC)ccc2cc1C=NO. The zero-order valence-electron chi connectivity index (χ0n) is 10.5. The van der Waals surface area contributed by atoms with Crippen LogP contribution in [0.2, 0.25) is 0 Å². The largest absolute Gasteiger partial charge is 0.497 e. The molecular weight excluding hydrogens is 244 g/mol. The summed E-state index contributed by atoms with van der Waals surface area (Å²) in [5.74, 6) is 1.11. The lowest BCUT2D eigenvalue weighted by Gasteiger charge is -2.08. The van der Waals surface area contributed by atoms with Crippen LogP contribution in [-0.4, -0.2) is 30.1 Å². The van der Waals surface area contributed by atoms with E-state index in [9.17, 15) is 0 Å². The molecule has 2 aromatic rings. The normalized spacial score (nSPS) is 10.8. The van der Waals surface area contributed by atoms with Crippen molar-refractivity contribution in [2.45, 2.75) is 0 Å². The van der Waals surface area contributed by atoms with Gasteiger partial charge in [-0.2, -0.15) is 0 Å². The molecule has 0 bridgehead atoms. The van der Waals surface area contributed by atoms with Gasteiger partial charge in [-0.05, 0) is 18.2 Å². The number of fused-ring (bicyclic) bond motifs is 1. The first-order valence-corrected chi connectivity index (χ1v) is 5.68. The predicted molar refractivity (Wildman–Crippen MR) is 73.4 cm³/mol. The fourth-order valence-electron chi connectivity index (χ4n) is 1.68. The van der Waals surface area contributed by atoms with Crippen LogP contribution in [0.4, 0.5) is 0 Å². The highest BCUT2D eigenvalue weighted by Crippen LogP contribution is 2.24. The Labute approximate surface area is 110 Å². The molecule has 0 unspecified atom stereocenters. The van der Waals surface area contributed by atoms with Crippen LogP contribution in [0.15, 0.2) is 42.1 Å². The van der Waals surface area contributed by atoms with E-state index in [1.165, 1.54) is 6.21 Å². The van der Waals surface area contributed by atoms with Gasteiger partial charge in [-0.15, -0.1) is 0 Å². The number of pyridine rings is 1. The van der Waals surface area contributed by atoms with Crippen molar-refractivity contribution in [2.24, 2.45) is 5.16 Å².